The van der Waals surface area contributed by atoms with Crippen molar-refractivity contribution in [2.45, 2.75) is 25.5 Å². The molecule has 0 unspecified atom stereocenters. The van der Waals surface area contributed by atoms with E-state index >= 15 is 0 Å². The molecular weight excluding hydrogens is 378 g/mol. The van der Waals surface area contributed by atoms with Crippen LogP contribution in [0.2, 0.25) is 5.02 Å². The van der Waals surface area contributed by atoms with Crippen molar-refractivity contribution >= 4 is 34.4 Å². The number of rotatable bonds is 6. The highest BCUT2D eigenvalue weighted by Gasteiger charge is 2.26. The predicted octanol–water partition coefficient (Wildman–Crippen LogP) is 3.62. The summed E-state index contributed by atoms with van der Waals surface area (Å²) in [5, 5.41) is 12.8. The standard InChI is InChI=1S/C21H18ClN3O3/c1-13(11-23)28-21(27)19(25-20(26)16-7-2-4-8-17(16)22)10-14-12-24-18-9-5-3-6-15(14)18/h2-9,12-13,19,24H,10H2,1H3,(H,25,26)/t13-,19+/m1/s1. The molecule has 28 heavy (non-hydrogen) atoms. The van der Waals surface area contributed by atoms with Crippen molar-refractivity contribution in [1.29, 1.82) is 5.26 Å². The van der Waals surface area contributed by atoms with Crippen molar-refractivity contribution in [1.82, 2.24) is 10.3 Å². The molecular formula is C21H18ClN3O3. The number of hydrogen-bond acceptors (Lipinski definition) is 4. The molecule has 0 fully saturated rings. The van der Waals surface area contributed by atoms with Gasteiger partial charge in [-0.1, -0.05) is 41.9 Å². The summed E-state index contributed by atoms with van der Waals surface area (Å²) in [5.74, 6) is -1.17. The summed E-state index contributed by atoms with van der Waals surface area (Å²) in [5.41, 5.74) is 2.03. The summed E-state index contributed by atoms with van der Waals surface area (Å²) in [4.78, 5) is 28.4. The van der Waals surface area contributed by atoms with E-state index in [4.69, 9.17) is 21.6 Å². The number of esters is 1. The van der Waals surface area contributed by atoms with Crippen LogP contribution in [0.3, 0.4) is 0 Å². The third kappa shape index (κ3) is 4.33. The van der Waals surface area contributed by atoms with Gasteiger partial charge < -0.3 is 15.0 Å². The number of aromatic amines is 1. The average molecular weight is 396 g/mol. The number of ether oxygens (including phenoxy) is 1. The van der Waals surface area contributed by atoms with Gasteiger partial charge in [0.25, 0.3) is 5.91 Å². The van der Waals surface area contributed by atoms with Gasteiger partial charge in [-0.2, -0.15) is 5.26 Å². The number of fused-ring (bicyclic) bond motifs is 1. The number of benzene rings is 2. The Kier molecular flexibility index (Phi) is 5.97. The molecule has 2 N–H and O–H groups in total. The van der Waals surface area contributed by atoms with Crippen LogP contribution < -0.4 is 5.32 Å². The van der Waals surface area contributed by atoms with E-state index < -0.39 is 24.0 Å². The summed E-state index contributed by atoms with van der Waals surface area (Å²) < 4.78 is 5.13. The fourth-order valence-electron chi connectivity index (χ4n) is 2.88. The summed E-state index contributed by atoms with van der Waals surface area (Å²) in [6.07, 6.45) is 1.08. The molecule has 2 atom stereocenters. The number of hydrogen-bond donors (Lipinski definition) is 2. The lowest BCUT2D eigenvalue weighted by Gasteiger charge is -2.18. The maximum atomic E-state index is 12.7. The second-order valence-electron chi connectivity index (χ2n) is 6.28. The number of nitrogens with zero attached hydrogens (tertiary/aromatic N) is 1. The topological polar surface area (TPSA) is 95.0 Å². The molecule has 1 aromatic heterocycles. The molecule has 6 nitrogen and oxygen atoms in total. The van der Waals surface area contributed by atoms with Gasteiger partial charge in [-0.25, -0.2) is 4.79 Å². The first-order valence-corrected chi connectivity index (χ1v) is 9.08. The van der Waals surface area contributed by atoms with E-state index in [1.165, 1.54) is 6.92 Å². The summed E-state index contributed by atoms with van der Waals surface area (Å²) in [6.45, 7) is 1.47. The van der Waals surface area contributed by atoms with Crippen molar-refractivity contribution < 1.29 is 14.3 Å². The van der Waals surface area contributed by atoms with Crippen LogP contribution in [0.1, 0.15) is 22.8 Å². The van der Waals surface area contributed by atoms with Gasteiger partial charge in [-0.05, 0) is 30.7 Å². The Labute approximate surface area is 167 Å². The first kappa shape index (κ1) is 19.5. The van der Waals surface area contributed by atoms with E-state index in [0.29, 0.717) is 0 Å². The number of aromatic nitrogens is 1. The van der Waals surface area contributed by atoms with E-state index in [0.717, 1.165) is 16.5 Å². The van der Waals surface area contributed by atoms with E-state index in [2.05, 4.69) is 10.3 Å². The molecule has 3 aromatic rings. The Morgan fingerprint density at radius 2 is 1.93 bits per heavy atom. The minimum absolute atomic E-state index is 0.206. The van der Waals surface area contributed by atoms with Crippen LogP contribution in [0.15, 0.2) is 54.7 Å². The van der Waals surface area contributed by atoms with Crippen LogP contribution in [0, 0.1) is 11.3 Å². The Balaban J connectivity index is 1.86. The predicted molar refractivity (Wildman–Crippen MR) is 106 cm³/mol. The Morgan fingerprint density at radius 3 is 2.68 bits per heavy atom. The van der Waals surface area contributed by atoms with Crippen LogP contribution in [0.25, 0.3) is 10.9 Å². The minimum atomic E-state index is -0.973. The van der Waals surface area contributed by atoms with Crippen LogP contribution >= 0.6 is 11.6 Å². The number of H-pyrrole nitrogens is 1. The number of halogens is 1. The van der Waals surface area contributed by atoms with E-state index in [1.807, 2.05) is 30.3 Å². The van der Waals surface area contributed by atoms with Gasteiger partial charge in [0, 0.05) is 23.5 Å². The zero-order valence-corrected chi connectivity index (χ0v) is 15.9. The fraction of sp³-hybridized carbons (Fsp3) is 0.190. The Hall–Kier alpha value is -3.30. The zero-order chi connectivity index (χ0) is 20.1. The number of nitriles is 1. The fourth-order valence-corrected chi connectivity index (χ4v) is 3.10. The first-order chi connectivity index (χ1) is 13.5. The number of nitrogens with one attached hydrogen (secondary N) is 2. The molecule has 3 rings (SSSR count). The van der Waals surface area contributed by atoms with Crippen LogP contribution in [-0.4, -0.2) is 29.0 Å². The van der Waals surface area contributed by atoms with Crippen LogP contribution in [-0.2, 0) is 16.0 Å². The second-order valence-corrected chi connectivity index (χ2v) is 6.68. The number of amides is 1. The largest absolute Gasteiger partial charge is 0.446 e. The number of carbonyl (C=O) groups is 2. The third-order valence-corrected chi connectivity index (χ3v) is 4.61. The molecule has 0 aliphatic heterocycles. The van der Waals surface area contributed by atoms with Gasteiger partial charge in [-0.15, -0.1) is 0 Å². The van der Waals surface area contributed by atoms with Crippen LogP contribution in [0.4, 0.5) is 0 Å². The molecule has 7 heteroatoms. The Morgan fingerprint density at radius 1 is 1.21 bits per heavy atom. The van der Waals surface area contributed by atoms with Crippen molar-refractivity contribution in [3.63, 3.8) is 0 Å². The highest BCUT2D eigenvalue weighted by atomic mass is 35.5. The summed E-state index contributed by atoms with van der Waals surface area (Å²) >= 11 is 6.08. The third-order valence-electron chi connectivity index (χ3n) is 4.28. The van der Waals surface area contributed by atoms with E-state index in [1.54, 1.807) is 30.5 Å². The lowest BCUT2D eigenvalue weighted by molar-refractivity contribution is -0.148. The van der Waals surface area contributed by atoms with Gasteiger partial charge in [0.05, 0.1) is 10.6 Å². The Bertz CT molecular complexity index is 1050. The number of para-hydroxylation sites is 1. The van der Waals surface area contributed by atoms with Gasteiger partial charge in [0.1, 0.15) is 12.1 Å². The molecule has 0 bridgehead atoms. The smallest absolute Gasteiger partial charge is 0.330 e. The molecule has 142 valence electrons. The normalized spacial score (nSPS) is 12.8. The van der Waals surface area contributed by atoms with Gasteiger partial charge in [0.15, 0.2) is 6.10 Å². The lowest BCUT2D eigenvalue weighted by Crippen LogP contribution is -2.44. The zero-order valence-electron chi connectivity index (χ0n) is 15.1. The highest BCUT2D eigenvalue weighted by Crippen LogP contribution is 2.20. The second kappa shape index (κ2) is 8.59. The van der Waals surface area contributed by atoms with Crippen molar-refractivity contribution in [3.05, 3.63) is 70.9 Å². The SMILES string of the molecule is C[C@H](C#N)OC(=O)[C@H](Cc1c[nH]c2ccccc12)NC(=O)c1ccccc1Cl. The average Bonchev–Trinajstić information content (AvgIpc) is 3.10. The first-order valence-electron chi connectivity index (χ1n) is 8.70. The number of carbonyl (C=O) groups excluding carboxylic acids is 2. The molecule has 2 aromatic carbocycles. The van der Waals surface area contributed by atoms with Crippen LogP contribution in [0.5, 0.6) is 0 Å². The maximum Gasteiger partial charge on any atom is 0.330 e. The van der Waals surface area contributed by atoms with Gasteiger partial charge >= 0.3 is 5.97 Å². The highest BCUT2D eigenvalue weighted by molar-refractivity contribution is 6.33. The molecule has 0 aliphatic rings. The maximum absolute atomic E-state index is 12.7. The van der Waals surface area contributed by atoms with E-state index in [9.17, 15) is 9.59 Å². The molecule has 1 amide bonds. The van der Waals surface area contributed by atoms with Crippen molar-refractivity contribution in [3.8, 4) is 6.07 Å². The molecule has 0 aliphatic carbocycles. The molecule has 0 saturated heterocycles. The summed E-state index contributed by atoms with van der Waals surface area (Å²) in [6, 6.07) is 15.1. The monoisotopic (exact) mass is 395 g/mol. The van der Waals surface area contributed by atoms with Gasteiger partial charge in [0.2, 0.25) is 0 Å². The molecule has 0 spiro atoms. The van der Waals surface area contributed by atoms with Gasteiger partial charge in [-0.3, -0.25) is 4.79 Å². The van der Waals surface area contributed by atoms with Crippen molar-refractivity contribution in [2.24, 2.45) is 0 Å². The van der Waals surface area contributed by atoms with E-state index in [-0.39, 0.29) is 17.0 Å². The lowest BCUT2D eigenvalue weighted by atomic mass is 10.0. The molecule has 0 saturated carbocycles. The molecule has 0 radical (unpaired) electrons. The quantitative estimate of drug-likeness (QED) is 0.623. The van der Waals surface area contributed by atoms with Crippen molar-refractivity contribution in [2.75, 3.05) is 0 Å². The summed E-state index contributed by atoms with van der Waals surface area (Å²) in [7, 11) is 0. The molecule has 1 heterocycles. The minimum Gasteiger partial charge on any atom is -0.446 e.